The van der Waals surface area contributed by atoms with Crippen molar-refractivity contribution in [2.24, 2.45) is 11.1 Å². The van der Waals surface area contributed by atoms with Crippen molar-refractivity contribution in [3.63, 3.8) is 0 Å². The van der Waals surface area contributed by atoms with Crippen molar-refractivity contribution in [3.05, 3.63) is 0 Å². The van der Waals surface area contributed by atoms with Crippen LogP contribution in [0.25, 0.3) is 0 Å². The molecule has 0 heterocycles. The van der Waals surface area contributed by atoms with Gasteiger partial charge in [0.05, 0.1) is 12.2 Å². The van der Waals surface area contributed by atoms with E-state index in [0.717, 1.165) is 25.7 Å². The highest BCUT2D eigenvalue weighted by atomic mass is 19.1. The molecule has 1 fully saturated rings. The van der Waals surface area contributed by atoms with Crippen molar-refractivity contribution in [1.29, 1.82) is 0 Å². The van der Waals surface area contributed by atoms with Gasteiger partial charge in [0, 0.05) is 6.54 Å². The highest BCUT2D eigenvalue weighted by Crippen LogP contribution is 2.41. The molecule has 0 spiro atoms. The number of halogens is 1. The molecule has 0 bridgehead atoms. The van der Waals surface area contributed by atoms with Crippen LogP contribution < -0.4 is 5.73 Å². The van der Waals surface area contributed by atoms with Crippen molar-refractivity contribution < 1.29 is 9.13 Å². The predicted octanol–water partition coefficient (Wildman–Crippen LogP) is 2.27. The number of hydrogen-bond acceptors (Lipinski definition) is 2. The zero-order chi connectivity index (χ0) is 10.7. The normalized spacial score (nSPS) is 24.9. The summed E-state index contributed by atoms with van der Waals surface area (Å²) in [5.41, 5.74) is 5.89. The largest absolute Gasteiger partial charge is 0.371 e. The lowest BCUT2D eigenvalue weighted by molar-refractivity contribution is -0.0842. The molecular formula is C11H22FNO. The van der Waals surface area contributed by atoms with Gasteiger partial charge in [-0.3, -0.25) is 0 Å². The standard InChI is InChI=1S/C11H22FNO/c1-10(2)3-5-11(9-13,6-4-10)14-8-7-12/h3-9,13H2,1-2H3. The molecule has 1 saturated carbocycles. The summed E-state index contributed by atoms with van der Waals surface area (Å²) < 4.78 is 17.6. The van der Waals surface area contributed by atoms with E-state index < -0.39 is 6.67 Å². The van der Waals surface area contributed by atoms with Gasteiger partial charge in [0.2, 0.25) is 0 Å². The summed E-state index contributed by atoms with van der Waals surface area (Å²) in [7, 11) is 0. The highest BCUT2D eigenvalue weighted by molar-refractivity contribution is 4.91. The smallest absolute Gasteiger partial charge is 0.113 e. The van der Waals surface area contributed by atoms with E-state index in [1.54, 1.807) is 0 Å². The molecule has 3 heteroatoms. The van der Waals surface area contributed by atoms with Gasteiger partial charge < -0.3 is 10.5 Å². The fraction of sp³-hybridized carbons (Fsp3) is 1.00. The predicted molar refractivity (Wildman–Crippen MR) is 56.0 cm³/mol. The fourth-order valence-electron chi connectivity index (χ4n) is 2.04. The van der Waals surface area contributed by atoms with Crippen molar-refractivity contribution in [3.8, 4) is 0 Å². The monoisotopic (exact) mass is 203 g/mol. The molecule has 2 N–H and O–H groups in total. The molecule has 1 aliphatic carbocycles. The summed E-state index contributed by atoms with van der Waals surface area (Å²) in [5, 5.41) is 0. The van der Waals surface area contributed by atoms with Crippen molar-refractivity contribution in [2.75, 3.05) is 19.8 Å². The Kier molecular flexibility index (Phi) is 3.90. The van der Waals surface area contributed by atoms with E-state index in [9.17, 15) is 4.39 Å². The van der Waals surface area contributed by atoms with E-state index in [2.05, 4.69) is 13.8 Å². The molecule has 2 nitrogen and oxygen atoms in total. The fourth-order valence-corrected chi connectivity index (χ4v) is 2.04. The van der Waals surface area contributed by atoms with Gasteiger partial charge in [-0.15, -0.1) is 0 Å². The summed E-state index contributed by atoms with van der Waals surface area (Å²) in [5.74, 6) is 0. The maximum absolute atomic E-state index is 12.0. The molecule has 0 aliphatic heterocycles. The maximum Gasteiger partial charge on any atom is 0.113 e. The van der Waals surface area contributed by atoms with E-state index in [4.69, 9.17) is 10.5 Å². The van der Waals surface area contributed by atoms with Crippen LogP contribution in [-0.2, 0) is 4.74 Å². The second-order valence-corrected chi connectivity index (χ2v) is 5.09. The molecule has 0 aromatic heterocycles. The summed E-state index contributed by atoms with van der Waals surface area (Å²) in [6.45, 7) is 4.83. The SMILES string of the molecule is CC1(C)CCC(CN)(OCCF)CC1. The Morgan fingerprint density at radius 2 is 1.79 bits per heavy atom. The van der Waals surface area contributed by atoms with E-state index in [0.29, 0.717) is 12.0 Å². The first-order chi connectivity index (χ1) is 6.54. The lowest BCUT2D eigenvalue weighted by atomic mass is 9.71. The van der Waals surface area contributed by atoms with Crippen LogP contribution >= 0.6 is 0 Å². The van der Waals surface area contributed by atoms with Gasteiger partial charge in [-0.25, -0.2) is 4.39 Å². The molecule has 14 heavy (non-hydrogen) atoms. The summed E-state index contributed by atoms with van der Waals surface area (Å²) in [6, 6.07) is 0. The van der Waals surface area contributed by atoms with Gasteiger partial charge in [0.1, 0.15) is 6.67 Å². The van der Waals surface area contributed by atoms with Crippen LogP contribution in [0.1, 0.15) is 39.5 Å². The van der Waals surface area contributed by atoms with Crippen LogP contribution in [0.3, 0.4) is 0 Å². The van der Waals surface area contributed by atoms with E-state index in [1.165, 1.54) is 0 Å². The number of hydrogen-bond donors (Lipinski definition) is 1. The molecule has 0 radical (unpaired) electrons. The Morgan fingerprint density at radius 1 is 1.21 bits per heavy atom. The highest BCUT2D eigenvalue weighted by Gasteiger charge is 2.37. The topological polar surface area (TPSA) is 35.2 Å². The van der Waals surface area contributed by atoms with Crippen molar-refractivity contribution in [1.82, 2.24) is 0 Å². The summed E-state index contributed by atoms with van der Waals surface area (Å²) >= 11 is 0. The second-order valence-electron chi connectivity index (χ2n) is 5.09. The van der Waals surface area contributed by atoms with Gasteiger partial charge >= 0.3 is 0 Å². The second kappa shape index (κ2) is 4.58. The van der Waals surface area contributed by atoms with Crippen LogP contribution in [0, 0.1) is 5.41 Å². The minimum absolute atomic E-state index is 0.192. The first-order valence-corrected chi connectivity index (χ1v) is 5.44. The molecule has 0 aromatic rings. The van der Waals surface area contributed by atoms with Crippen LogP contribution in [0.15, 0.2) is 0 Å². The number of alkyl halides is 1. The average Bonchev–Trinajstić information content (AvgIpc) is 2.18. The minimum atomic E-state index is -0.412. The van der Waals surface area contributed by atoms with Crippen LogP contribution in [-0.4, -0.2) is 25.4 Å². The van der Waals surface area contributed by atoms with Gasteiger partial charge in [-0.1, -0.05) is 13.8 Å². The Labute approximate surface area is 86.0 Å². The Bertz CT molecular complexity index is 172. The van der Waals surface area contributed by atoms with Gasteiger partial charge in [0.15, 0.2) is 0 Å². The quantitative estimate of drug-likeness (QED) is 0.760. The molecule has 1 rings (SSSR count). The van der Waals surface area contributed by atoms with Gasteiger partial charge in [0.25, 0.3) is 0 Å². The summed E-state index contributed by atoms with van der Waals surface area (Å²) in [4.78, 5) is 0. The molecule has 0 saturated heterocycles. The lowest BCUT2D eigenvalue weighted by Gasteiger charge is -2.42. The van der Waals surface area contributed by atoms with Crippen molar-refractivity contribution >= 4 is 0 Å². The van der Waals surface area contributed by atoms with E-state index in [-0.39, 0.29) is 12.2 Å². The van der Waals surface area contributed by atoms with Gasteiger partial charge in [-0.2, -0.15) is 0 Å². The molecule has 0 aromatic carbocycles. The van der Waals surface area contributed by atoms with E-state index in [1.807, 2.05) is 0 Å². The lowest BCUT2D eigenvalue weighted by Crippen LogP contribution is -2.45. The van der Waals surface area contributed by atoms with Gasteiger partial charge in [-0.05, 0) is 31.1 Å². The molecule has 84 valence electrons. The van der Waals surface area contributed by atoms with Crippen LogP contribution in [0.4, 0.5) is 4.39 Å². The Balaban J connectivity index is 2.48. The zero-order valence-corrected chi connectivity index (χ0v) is 9.31. The Hall–Kier alpha value is -0.150. The van der Waals surface area contributed by atoms with Crippen molar-refractivity contribution in [2.45, 2.75) is 45.1 Å². The number of ether oxygens (including phenoxy) is 1. The molecule has 1 aliphatic rings. The number of nitrogens with two attached hydrogens (primary N) is 1. The zero-order valence-electron chi connectivity index (χ0n) is 9.31. The molecule has 0 amide bonds. The minimum Gasteiger partial charge on any atom is -0.371 e. The summed E-state index contributed by atoms with van der Waals surface area (Å²) in [6.07, 6.45) is 4.18. The third-order valence-electron chi connectivity index (χ3n) is 3.37. The maximum atomic E-state index is 12.0. The third kappa shape index (κ3) is 2.92. The average molecular weight is 203 g/mol. The molecular weight excluding hydrogens is 181 g/mol. The van der Waals surface area contributed by atoms with Crippen LogP contribution in [0.5, 0.6) is 0 Å². The first kappa shape index (κ1) is 11.9. The first-order valence-electron chi connectivity index (χ1n) is 5.44. The van der Waals surface area contributed by atoms with Crippen LogP contribution in [0.2, 0.25) is 0 Å². The molecule has 0 atom stereocenters. The Morgan fingerprint density at radius 3 is 2.21 bits per heavy atom. The third-order valence-corrected chi connectivity index (χ3v) is 3.37. The van der Waals surface area contributed by atoms with E-state index >= 15 is 0 Å². The molecule has 0 unspecified atom stereocenters. The number of rotatable bonds is 4.